The zero-order valence-electron chi connectivity index (χ0n) is 15.0. The highest BCUT2D eigenvalue weighted by molar-refractivity contribution is 5.46. The number of hydrogen-bond acceptors (Lipinski definition) is 6. The van der Waals surface area contributed by atoms with Gasteiger partial charge in [0.15, 0.2) is 5.82 Å². The summed E-state index contributed by atoms with van der Waals surface area (Å²) in [6.07, 6.45) is 4.53. The van der Waals surface area contributed by atoms with Crippen LogP contribution in [0.5, 0.6) is 0 Å². The SMILES string of the molecule is CCc1noc(C(C)Nc2cccc(COCC3CCCCO3)c2)n1. The summed E-state index contributed by atoms with van der Waals surface area (Å²) in [6.45, 7) is 6.13. The molecule has 1 saturated heterocycles. The predicted molar refractivity (Wildman–Crippen MR) is 95.4 cm³/mol. The lowest BCUT2D eigenvalue weighted by Crippen LogP contribution is -2.24. The van der Waals surface area contributed by atoms with E-state index in [0.29, 0.717) is 19.1 Å². The Morgan fingerprint density at radius 1 is 1.36 bits per heavy atom. The van der Waals surface area contributed by atoms with Crippen molar-refractivity contribution in [1.29, 1.82) is 0 Å². The zero-order valence-corrected chi connectivity index (χ0v) is 15.0. The molecule has 25 heavy (non-hydrogen) atoms. The van der Waals surface area contributed by atoms with Crippen LogP contribution in [0.3, 0.4) is 0 Å². The van der Waals surface area contributed by atoms with Crippen LogP contribution in [0.4, 0.5) is 5.69 Å². The van der Waals surface area contributed by atoms with E-state index in [2.05, 4.69) is 27.6 Å². The number of anilines is 1. The molecule has 0 spiro atoms. The number of rotatable bonds is 8. The van der Waals surface area contributed by atoms with Crippen LogP contribution < -0.4 is 5.32 Å². The smallest absolute Gasteiger partial charge is 0.248 e. The summed E-state index contributed by atoms with van der Waals surface area (Å²) in [6, 6.07) is 8.17. The fourth-order valence-corrected chi connectivity index (χ4v) is 2.90. The Hall–Kier alpha value is -1.92. The van der Waals surface area contributed by atoms with Gasteiger partial charge in [-0.05, 0) is 43.9 Å². The molecule has 1 aliphatic rings. The Labute approximate surface area is 148 Å². The van der Waals surface area contributed by atoms with Crippen LogP contribution in [0.1, 0.15) is 56.4 Å². The van der Waals surface area contributed by atoms with Gasteiger partial charge in [0.1, 0.15) is 6.04 Å². The Morgan fingerprint density at radius 2 is 2.28 bits per heavy atom. The number of benzene rings is 1. The van der Waals surface area contributed by atoms with Crippen LogP contribution in [0.15, 0.2) is 28.8 Å². The molecule has 2 atom stereocenters. The maximum atomic E-state index is 5.83. The third kappa shape index (κ3) is 5.28. The fourth-order valence-electron chi connectivity index (χ4n) is 2.90. The summed E-state index contributed by atoms with van der Waals surface area (Å²) in [4.78, 5) is 4.37. The van der Waals surface area contributed by atoms with Gasteiger partial charge in [0.2, 0.25) is 5.89 Å². The summed E-state index contributed by atoms with van der Waals surface area (Å²) in [7, 11) is 0. The molecule has 0 aliphatic carbocycles. The van der Waals surface area contributed by atoms with Crippen LogP contribution in [-0.4, -0.2) is 29.5 Å². The van der Waals surface area contributed by atoms with Crippen molar-refractivity contribution < 1.29 is 14.0 Å². The number of ether oxygens (including phenoxy) is 2. The number of aryl methyl sites for hydroxylation is 1. The maximum Gasteiger partial charge on any atom is 0.248 e. The average Bonchev–Trinajstić information content (AvgIpc) is 3.12. The first-order valence-electron chi connectivity index (χ1n) is 9.12. The van der Waals surface area contributed by atoms with E-state index in [1.165, 1.54) is 12.8 Å². The summed E-state index contributed by atoms with van der Waals surface area (Å²) < 4.78 is 16.8. The number of hydrogen-bond donors (Lipinski definition) is 1. The van der Waals surface area contributed by atoms with E-state index < -0.39 is 0 Å². The first kappa shape index (κ1) is 17.9. The standard InChI is InChI=1S/C19H27N3O3/c1-3-18-21-19(25-22-18)14(2)20-16-8-6-7-15(11-16)12-23-13-17-9-4-5-10-24-17/h6-8,11,14,17,20H,3-5,9-10,12-13H2,1-2H3. The van der Waals surface area contributed by atoms with Crippen molar-refractivity contribution in [2.75, 3.05) is 18.5 Å². The van der Waals surface area contributed by atoms with Crippen molar-refractivity contribution in [2.24, 2.45) is 0 Å². The van der Waals surface area contributed by atoms with Crippen LogP contribution in [0.25, 0.3) is 0 Å². The second-order valence-electron chi connectivity index (χ2n) is 6.47. The monoisotopic (exact) mass is 345 g/mol. The third-order valence-corrected chi connectivity index (χ3v) is 4.33. The minimum Gasteiger partial charge on any atom is -0.376 e. The normalized spacial score (nSPS) is 18.9. The number of nitrogens with one attached hydrogen (secondary N) is 1. The van der Waals surface area contributed by atoms with Gasteiger partial charge in [-0.25, -0.2) is 0 Å². The molecular formula is C19H27N3O3. The molecule has 2 heterocycles. The Morgan fingerprint density at radius 3 is 3.04 bits per heavy atom. The van der Waals surface area contributed by atoms with Crippen LogP contribution in [-0.2, 0) is 22.5 Å². The van der Waals surface area contributed by atoms with Crippen molar-refractivity contribution >= 4 is 5.69 Å². The average molecular weight is 345 g/mol. The van der Waals surface area contributed by atoms with Crippen molar-refractivity contribution in [3.63, 3.8) is 0 Å². The largest absolute Gasteiger partial charge is 0.376 e. The van der Waals surface area contributed by atoms with Crippen molar-refractivity contribution in [1.82, 2.24) is 10.1 Å². The molecule has 3 rings (SSSR count). The lowest BCUT2D eigenvalue weighted by atomic mass is 10.1. The van der Waals surface area contributed by atoms with Gasteiger partial charge in [0, 0.05) is 18.7 Å². The lowest BCUT2D eigenvalue weighted by molar-refractivity contribution is -0.0447. The molecule has 0 bridgehead atoms. The zero-order chi connectivity index (χ0) is 17.5. The summed E-state index contributed by atoms with van der Waals surface area (Å²) in [5.74, 6) is 1.34. The van der Waals surface area contributed by atoms with E-state index in [0.717, 1.165) is 36.5 Å². The molecule has 1 fully saturated rings. The molecule has 2 unspecified atom stereocenters. The molecule has 136 valence electrons. The quantitative estimate of drug-likeness (QED) is 0.783. The Kier molecular flexibility index (Phi) is 6.42. The molecule has 1 aromatic carbocycles. The highest BCUT2D eigenvalue weighted by atomic mass is 16.5. The molecule has 1 aliphatic heterocycles. The summed E-state index contributed by atoms with van der Waals surface area (Å²) in [5, 5.41) is 7.34. The van der Waals surface area contributed by atoms with E-state index in [-0.39, 0.29) is 12.1 Å². The third-order valence-electron chi connectivity index (χ3n) is 4.33. The number of aromatic nitrogens is 2. The molecule has 0 saturated carbocycles. The van der Waals surface area contributed by atoms with Crippen LogP contribution >= 0.6 is 0 Å². The fraction of sp³-hybridized carbons (Fsp3) is 0.579. The van der Waals surface area contributed by atoms with Crippen molar-refractivity contribution in [3.8, 4) is 0 Å². The van der Waals surface area contributed by atoms with Crippen molar-refractivity contribution in [3.05, 3.63) is 41.5 Å². The van der Waals surface area contributed by atoms with E-state index in [9.17, 15) is 0 Å². The van der Waals surface area contributed by atoms with Crippen LogP contribution in [0, 0.1) is 0 Å². The minimum atomic E-state index is -0.0420. The van der Waals surface area contributed by atoms with Gasteiger partial charge in [0.05, 0.1) is 19.3 Å². The van der Waals surface area contributed by atoms with Gasteiger partial charge in [0.25, 0.3) is 0 Å². The van der Waals surface area contributed by atoms with E-state index in [1.807, 2.05) is 26.0 Å². The topological polar surface area (TPSA) is 69.4 Å². The number of nitrogens with zero attached hydrogens (tertiary/aromatic N) is 2. The maximum absolute atomic E-state index is 5.83. The first-order valence-corrected chi connectivity index (χ1v) is 9.12. The molecule has 1 aromatic heterocycles. The molecule has 1 N–H and O–H groups in total. The second kappa shape index (κ2) is 8.97. The molecular weight excluding hydrogens is 318 g/mol. The minimum absolute atomic E-state index is 0.0420. The van der Waals surface area contributed by atoms with Gasteiger partial charge in [-0.15, -0.1) is 0 Å². The van der Waals surface area contributed by atoms with Crippen molar-refractivity contribution in [2.45, 2.75) is 58.3 Å². The molecule has 0 amide bonds. The van der Waals surface area contributed by atoms with Crippen LogP contribution in [0.2, 0.25) is 0 Å². The van der Waals surface area contributed by atoms with Gasteiger partial charge >= 0.3 is 0 Å². The van der Waals surface area contributed by atoms with Gasteiger partial charge < -0.3 is 19.3 Å². The highest BCUT2D eigenvalue weighted by Crippen LogP contribution is 2.20. The lowest BCUT2D eigenvalue weighted by Gasteiger charge is -2.22. The summed E-state index contributed by atoms with van der Waals surface area (Å²) >= 11 is 0. The van der Waals surface area contributed by atoms with Gasteiger partial charge in [-0.1, -0.05) is 24.2 Å². The highest BCUT2D eigenvalue weighted by Gasteiger charge is 2.15. The predicted octanol–water partition coefficient (Wildman–Crippen LogP) is 3.89. The van der Waals surface area contributed by atoms with Gasteiger partial charge in [-0.2, -0.15) is 4.98 Å². The van der Waals surface area contributed by atoms with E-state index in [1.54, 1.807) is 0 Å². The summed E-state index contributed by atoms with van der Waals surface area (Å²) in [5.41, 5.74) is 2.14. The second-order valence-corrected chi connectivity index (χ2v) is 6.47. The molecule has 2 aromatic rings. The molecule has 6 nitrogen and oxygen atoms in total. The molecule has 6 heteroatoms. The van der Waals surface area contributed by atoms with Gasteiger partial charge in [-0.3, -0.25) is 0 Å². The van der Waals surface area contributed by atoms with E-state index in [4.69, 9.17) is 14.0 Å². The first-order chi connectivity index (χ1) is 12.2. The molecule has 0 radical (unpaired) electrons. The Balaban J connectivity index is 1.50. The van der Waals surface area contributed by atoms with E-state index >= 15 is 0 Å². The Bertz CT molecular complexity index is 653.